The average molecular weight is 226 g/mol. The highest BCUT2D eigenvalue weighted by atomic mass is 16.4. The molecule has 0 saturated carbocycles. The van der Waals surface area contributed by atoms with Crippen LogP contribution in [0.1, 0.15) is 19.7 Å². The monoisotopic (exact) mass is 226 g/mol. The number of rotatable bonds is 6. The number of nitrogens with one attached hydrogen (secondary N) is 1. The molecule has 0 bridgehead atoms. The number of aliphatic carboxylic acids is 1. The Morgan fingerprint density at radius 3 is 2.81 bits per heavy atom. The van der Waals surface area contributed by atoms with Crippen LogP contribution in [0.5, 0.6) is 0 Å². The van der Waals surface area contributed by atoms with E-state index in [1.165, 1.54) is 0 Å². The van der Waals surface area contributed by atoms with Crippen molar-refractivity contribution in [2.24, 2.45) is 13.0 Å². The SMILES string of the molecule is CC(NCCc1ncn(C)n1)C(C)C(=O)O. The molecule has 0 aliphatic heterocycles. The minimum Gasteiger partial charge on any atom is -0.481 e. The summed E-state index contributed by atoms with van der Waals surface area (Å²) in [5, 5.41) is 16.1. The summed E-state index contributed by atoms with van der Waals surface area (Å²) in [6, 6.07) is -0.0544. The molecule has 0 aliphatic carbocycles. The summed E-state index contributed by atoms with van der Waals surface area (Å²) in [6.07, 6.45) is 2.36. The zero-order valence-corrected chi connectivity index (χ0v) is 9.84. The van der Waals surface area contributed by atoms with E-state index in [9.17, 15) is 4.79 Å². The Kier molecular flexibility index (Phi) is 4.42. The molecule has 2 unspecified atom stereocenters. The first-order valence-corrected chi connectivity index (χ1v) is 5.31. The average Bonchev–Trinajstić information content (AvgIpc) is 2.62. The Hall–Kier alpha value is -1.43. The topological polar surface area (TPSA) is 80.0 Å². The maximum Gasteiger partial charge on any atom is 0.307 e. The third-order valence-electron chi connectivity index (χ3n) is 2.60. The van der Waals surface area contributed by atoms with Crippen LogP contribution in [0.2, 0.25) is 0 Å². The van der Waals surface area contributed by atoms with Gasteiger partial charge in [-0.15, -0.1) is 0 Å². The molecule has 0 saturated heterocycles. The minimum atomic E-state index is -0.782. The van der Waals surface area contributed by atoms with Crippen LogP contribution in [0.3, 0.4) is 0 Å². The van der Waals surface area contributed by atoms with Crippen LogP contribution in [-0.4, -0.2) is 38.4 Å². The van der Waals surface area contributed by atoms with Crippen LogP contribution in [0.15, 0.2) is 6.33 Å². The molecule has 0 aliphatic rings. The van der Waals surface area contributed by atoms with Gasteiger partial charge in [-0.1, -0.05) is 6.92 Å². The van der Waals surface area contributed by atoms with Gasteiger partial charge in [-0.3, -0.25) is 9.48 Å². The highest BCUT2D eigenvalue weighted by Crippen LogP contribution is 2.02. The summed E-state index contributed by atoms with van der Waals surface area (Å²) in [5.41, 5.74) is 0. The van der Waals surface area contributed by atoms with E-state index in [1.807, 2.05) is 14.0 Å². The lowest BCUT2D eigenvalue weighted by molar-refractivity contribution is -0.141. The highest BCUT2D eigenvalue weighted by molar-refractivity contribution is 5.70. The fourth-order valence-corrected chi connectivity index (χ4v) is 1.30. The molecule has 0 aromatic carbocycles. The van der Waals surface area contributed by atoms with Crippen LogP contribution in [-0.2, 0) is 18.3 Å². The van der Waals surface area contributed by atoms with Crippen molar-refractivity contribution in [2.45, 2.75) is 26.3 Å². The predicted octanol–water partition coefficient (Wildman–Crippen LogP) is 0.0564. The highest BCUT2D eigenvalue weighted by Gasteiger charge is 2.18. The second kappa shape index (κ2) is 5.60. The van der Waals surface area contributed by atoms with Crippen molar-refractivity contribution >= 4 is 5.97 Å². The number of hydrogen-bond donors (Lipinski definition) is 2. The summed E-state index contributed by atoms with van der Waals surface area (Å²) < 4.78 is 1.65. The van der Waals surface area contributed by atoms with Gasteiger partial charge in [0.2, 0.25) is 0 Å². The van der Waals surface area contributed by atoms with E-state index < -0.39 is 11.9 Å². The molecule has 1 aromatic rings. The molecular weight excluding hydrogens is 208 g/mol. The molecule has 6 heteroatoms. The Labute approximate surface area is 94.7 Å². The van der Waals surface area contributed by atoms with Gasteiger partial charge in [-0.2, -0.15) is 5.10 Å². The van der Waals surface area contributed by atoms with E-state index >= 15 is 0 Å². The fourth-order valence-electron chi connectivity index (χ4n) is 1.30. The van der Waals surface area contributed by atoms with Crippen LogP contribution in [0.4, 0.5) is 0 Å². The Balaban J connectivity index is 2.27. The first-order chi connectivity index (χ1) is 7.50. The third kappa shape index (κ3) is 3.62. The van der Waals surface area contributed by atoms with E-state index in [4.69, 9.17) is 5.11 Å². The number of aryl methyl sites for hydroxylation is 1. The number of carbonyl (C=O) groups is 1. The van der Waals surface area contributed by atoms with Crippen molar-refractivity contribution in [3.63, 3.8) is 0 Å². The van der Waals surface area contributed by atoms with E-state index in [0.29, 0.717) is 13.0 Å². The van der Waals surface area contributed by atoms with Gasteiger partial charge < -0.3 is 10.4 Å². The molecule has 0 spiro atoms. The molecule has 0 radical (unpaired) electrons. The van der Waals surface area contributed by atoms with Gasteiger partial charge in [0.15, 0.2) is 5.82 Å². The molecule has 2 N–H and O–H groups in total. The lowest BCUT2D eigenvalue weighted by Crippen LogP contribution is -2.37. The standard InChI is InChI=1S/C10H18N4O2/c1-7(10(15)16)8(2)11-5-4-9-12-6-14(3)13-9/h6-8,11H,4-5H2,1-3H3,(H,15,16). The van der Waals surface area contributed by atoms with Gasteiger partial charge in [0, 0.05) is 26.1 Å². The van der Waals surface area contributed by atoms with Gasteiger partial charge in [-0.05, 0) is 6.92 Å². The normalized spacial score (nSPS) is 14.7. The van der Waals surface area contributed by atoms with Crippen LogP contribution in [0.25, 0.3) is 0 Å². The van der Waals surface area contributed by atoms with Gasteiger partial charge >= 0.3 is 5.97 Å². The Bertz CT molecular complexity index is 350. The van der Waals surface area contributed by atoms with Crippen molar-refractivity contribution in [1.82, 2.24) is 20.1 Å². The number of carboxylic acid groups (broad SMARTS) is 1. The van der Waals surface area contributed by atoms with Crippen molar-refractivity contribution in [3.8, 4) is 0 Å². The van der Waals surface area contributed by atoms with E-state index in [1.54, 1.807) is 17.9 Å². The summed E-state index contributed by atoms with van der Waals surface area (Å²) in [6.45, 7) is 4.24. The third-order valence-corrected chi connectivity index (χ3v) is 2.60. The first-order valence-electron chi connectivity index (χ1n) is 5.31. The van der Waals surface area contributed by atoms with Crippen molar-refractivity contribution in [2.75, 3.05) is 6.54 Å². The van der Waals surface area contributed by atoms with Crippen LogP contribution >= 0.6 is 0 Å². The van der Waals surface area contributed by atoms with E-state index in [2.05, 4.69) is 15.4 Å². The molecule has 16 heavy (non-hydrogen) atoms. The molecule has 2 atom stereocenters. The molecule has 1 rings (SSSR count). The minimum absolute atomic E-state index is 0.0544. The molecule has 6 nitrogen and oxygen atoms in total. The van der Waals surface area contributed by atoms with Crippen molar-refractivity contribution < 1.29 is 9.90 Å². The lowest BCUT2D eigenvalue weighted by atomic mass is 10.0. The largest absolute Gasteiger partial charge is 0.481 e. The maximum atomic E-state index is 10.7. The van der Waals surface area contributed by atoms with Gasteiger partial charge in [0.1, 0.15) is 6.33 Å². The van der Waals surface area contributed by atoms with E-state index in [0.717, 1.165) is 5.82 Å². The first kappa shape index (κ1) is 12.6. The number of nitrogens with zero attached hydrogens (tertiary/aromatic N) is 3. The Morgan fingerprint density at radius 1 is 1.62 bits per heavy atom. The summed E-state index contributed by atoms with van der Waals surface area (Å²) in [7, 11) is 1.82. The van der Waals surface area contributed by atoms with Crippen molar-refractivity contribution in [3.05, 3.63) is 12.2 Å². The molecule has 0 fully saturated rings. The van der Waals surface area contributed by atoms with Crippen molar-refractivity contribution in [1.29, 1.82) is 0 Å². The second-order valence-corrected chi connectivity index (χ2v) is 3.95. The summed E-state index contributed by atoms with van der Waals surface area (Å²) in [5.74, 6) is -0.405. The quantitative estimate of drug-likeness (QED) is 0.716. The molecule has 0 amide bonds. The van der Waals surface area contributed by atoms with Crippen LogP contribution < -0.4 is 5.32 Å². The number of hydrogen-bond acceptors (Lipinski definition) is 4. The van der Waals surface area contributed by atoms with Gasteiger partial charge in [-0.25, -0.2) is 4.98 Å². The van der Waals surface area contributed by atoms with E-state index in [-0.39, 0.29) is 6.04 Å². The molecule has 90 valence electrons. The fraction of sp³-hybridized carbons (Fsp3) is 0.700. The van der Waals surface area contributed by atoms with Crippen LogP contribution in [0, 0.1) is 5.92 Å². The second-order valence-electron chi connectivity index (χ2n) is 3.95. The van der Waals surface area contributed by atoms with Gasteiger partial charge in [0.25, 0.3) is 0 Å². The zero-order valence-electron chi connectivity index (χ0n) is 9.84. The zero-order chi connectivity index (χ0) is 12.1. The molecule has 1 aromatic heterocycles. The molecule has 1 heterocycles. The predicted molar refractivity (Wildman–Crippen MR) is 59.0 cm³/mol. The number of aromatic nitrogens is 3. The summed E-state index contributed by atoms with van der Waals surface area (Å²) >= 11 is 0. The maximum absolute atomic E-state index is 10.7. The molecular formula is C10H18N4O2. The smallest absolute Gasteiger partial charge is 0.307 e. The Morgan fingerprint density at radius 2 is 2.31 bits per heavy atom. The lowest BCUT2D eigenvalue weighted by Gasteiger charge is -2.16. The van der Waals surface area contributed by atoms with Gasteiger partial charge in [0.05, 0.1) is 5.92 Å². The number of carboxylic acids is 1. The summed E-state index contributed by atoms with van der Waals surface area (Å²) in [4.78, 5) is 14.8.